The van der Waals surface area contributed by atoms with E-state index in [1.807, 2.05) is 85.2 Å². The second-order valence-electron chi connectivity index (χ2n) is 12.1. The third-order valence-electron chi connectivity index (χ3n) is 8.53. The molecular formula is C38H41N5O5. The monoisotopic (exact) mass is 647 g/mol. The Kier molecular flexibility index (Phi) is 10.8. The van der Waals surface area contributed by atoms with E-state index in [-0.39, 0.29) is 30.6 Å². The minimum atomic E-state index is -0.657. The Morgan fingerprint density at radius 2 is 1.58 bits per heavy atom. The quantitative estimate of drug-likeness (QED) is 0.0806. The highest BCUT2D eigenvalue weighted by Gasteiger charge is 2.33. The molecule has 1 aliphatic rings. The zero-order valence-corrected chi connectivity index (χ0v) is 26.8. The van der Waals surface area contributed by atoms with Crippen molar-refractivity contribution >= 4 is 39.9 Å². The number of rotatable bonds is 13. The number of benzene rings is 4. The lowest BCUT2D eigenvalue weighted by Crippen LogP contribution is -2.32. The van der Waals surface area contributed by atoms with E-state index >= 15 is 0 Å². The fourth-order valence-electron chi connectivity index (χ4n) is 5.97. The van der Waals surface area contributed by atoms with Gasteiger partial charge in [0.15, 0.2) is 6.29 Å². The number of nitrogens with zero attached hydrogens (tertiary/aromatic N) is 2. The molecule has 0 aliphatic carbocycles. The Hall–Kier alpha value is -5.03. The van der Waals surface area contributed by atoms with Crippen molar-refractivity contribution in [3.63, 3.8) is 0 Å². The minimum Gasteiger partial charge on any atom is -0.397 e. The number of unbranched alkanes of at least 4 members (excludes halogenated alkanes) is 2. The Balaban J connectivity index is 1.06. The number of aliphatic hydroxyl groups excluding tert-OH is 1. The van der Waals surface area contributed by atoms with Crippen molar-refractivity contribution in [2.45, 2.75) is 70.2 Å². The number of nitrogens with one attached hydrogen (secondary N) is 2. The Morgan fingerprint density at radius 1 is 0.833 bits per heavy atom. The average molecular weight is 648 g/mol. The third-order valence-corrected chi connectivity index (χ3v) is 8.53. The van der Waals surface area contributed by atoms with Gasteiger partial charge >= 0.3 is 0 Å². The van der Waals surface area contributed by atoms with Crippen LogP contribution in [0.2, 0.25) is 0 Å². The van der Waals surface area contributed by atoms with E-state index in [9.17, 15) is 14.7 Å². The third kappa shape index (κ3) is 8.46. The molecule has 6 rings (SSSR count). The molecule has 1 aromatic heterocycles. The van der Waals surface area contributed by atoms with E-state index < -0.39 is 6.29 Å². The van der Waals surface area contributed by atoms with E-state index in [0.717, 1.165) is 34.1 Å². The number of hydrogen-bond donors (Lipinski definition) is 4. The Morgan fingerprint density at radius 3 is 2.38 bits per heavy atom. The van der Waals surface area contributed by atoms with Gasteiger partial charge in [-0.25, -0.2) is 4.98 Å². The first-order valence-corrected chi connectivity index (χ1v) is 16.4. The van der Waals surface area contributed by atoms with Crippen LogP contribution in [0, 0.1) is 0 Å². The van der Waals surface area contributed by atoms with Crippen LogP contribution in [0.1, 0.15) is 67.6 Å². The number of aliphatic hydroxyl groups is 1. The zero-order valence-electron chi connectivity index (χ0n) is 26.8. The molecule has 0 radical (unpaired) electrons. The lowest BCUT2D eigenvalue weighted by Gasteiger charge is -2.36. The number of para-hydroxylation sites is 4. The molecule has 48 heavy (non-hydrogen) atoms. The van der Waals surface area contributed by atoms with Crippen molar-refractivity contribution in [3.8, 4) is 0 Å². The molecule has 4 aromatic carbocycles. The summed E-state index contributed by atoms with van der Waals surface area (Å²) in [4.78, 5) is 29.6. The molecule has 0 spiro atoms. The van der Waals surface area contributed by atoms with Gasteiger partial charge in [-0.15, -0.1) is 0 Å². The van der Waals surface area contributed by atoms with Crippen LogP contribution in [0.5, 0.6) is 0 Å². The zero-order chi connectivity index (χ0) is 33.3. The van der Waals surface area contributed by atoms with Gasteiger partial charge in [0, 0.05) is 30.5 Å². The van der Waals surface area contributed by atoms with E-state index in [1.54, 1.807) is 12.1 Å². The molecule has 2 amide bonds. The molecule has 5 aromatic rings. The number of amides is 2. The van der Waals surface area contributed by atoms with Gasteiger partial charge in [0.05, 0.1) is 54.1 Å². The van der Waals surface area contributed by atoms with Gasteiger partial charge in [0.25, 0.3) is 0 Å². The molecule has 1 fully saturated rings. The number of nitrogen functional groups attached to an aromatic ring is 1. The molecule has 0 bridgehead atoms. The number of anilines is 3. The number of nitrogens with two attached hydrogens (primary N) is 1. The second kappa shape index (κ2) is 15.7. The predicted molar refractivity (Wildman–Crippen MR) is 186 cm³/mol. The van der Waals surface area contributed by atoms with Crippen LogP contribution in [-0.2, 0) is 32.2 Å². The summed E-state index contributed by atoms with van der Waals surface area (Å²) in [6.07, 6.45) is 4.23. The van der Waals surface area contributed by atoms with Crippen LogP contribution in [-0.4, -0.2) is 32.6 Å². The summed E-state index contributed by atoms with van der Waals surface area (Å²) < 4.78 is 15.2. The number of carbonyl (C=O) groups is 2. The molecule has 1 aliphatic heterocycles. The molecule has 0 saturated carbocycles. The SMILES string of the molecule is Nc1ccccc1NC(=O)CCCCCC(=O)Nc1cccc([C@@H]2O[C@H](Cn3cnc4ccccc43)C[C@H](c3ccc(CO)cc3)O2)c1. The molecule has 3 atom stereocenters. The fourth-order valence-corrected chi connectivity index (χ4v) is 5.97. The van der Waals surface area contributed by atoms with Crippen LogP contribution < -0.4 is 16.4 Å². The maximum absolute atomic E-state index is 12.8. The van der Waals surface area contributed by atoms with Gasteiger partial charge in [0.2, 0.25) is 11.8 Å². The van der Waals surface area contributed by atoms with E-state index in [1.165, 1.54) is 0 Å². The van der Waals surface area contributed by atoms with Crippen molar-refractivity contribution in [3.05, 3.63) is 120 Å². The number of carbonyl (C=O) groups excluding carboxylic acids is 2. The first-order valence-electron chi connectivity index (χ1n) is 16.4. The molecule has 1 saturated heterocycles. The van der Waals surface area contributed by atoms with Crippen molar-refractivity contribution in [1.29, 1.82) is 0 Å². The van der Waals surface area contributed by atoms with E-state index in [0.29, 0.717) is 55.7 Å². The Bertz CT molecular complexity index is 1840. The minimum absolute atomic E-state index is 0.0196. The summed E-state index contributed by atoms with van der Waals surface area (Å²) in [5.74, 6) is -0.183. The average Bonchev–Trinajstić information content (AvgIpc) is 3.51. The molecule has 2 heterocycles. The van der Waals surface area contributed by atoms with Gasteiger partial charge in [-0.3, -0.25) is 9.59 Å². The van der Waals surface area contributed by atoms with Crippen molar-refractivity contribution in [1.82, 2.24) is 9.55 Å². The van der Waals surface area contributed by atoms with Crippen molar-refractivity contribution in [2.24, 2.45) is 0 Å². The number of hydrogen-bond acceptors (Lipinski definition) is 7. The van der Waals surface area contributed by atoms with Crippen LogP contribution >= 0.6 is 0 Å². The van der Waals surface area contributed by atoms with Gasteiger partial charge < -0.3 is 35.5 Å². The normalized spacial score (nSPS) is 17.6. The summed E-state index contributed by atoms with van der Waals surface area (Å²) >= 11 is 0. The lowest BCUT2D eigenvalue weighted by atomic mass is 10.00. The van der Waals surface area contributed by atoms with Crippen LogP contribution in [0.25, 0.3) is 11.0 Å². The first kappa shape index (κ1) is 32.9. The van der Waals surface area contributed by atoms with Gasteiger partial charge in [-0.1, -0.05) is 67.1 Å². The van der Waals surface area contributed by atoms with Crippen LogP contribution in [0.15, 0.2) is 103 Å². The first-order chi connectivity index (χ1) is 23.4. The van der Waals surface area contributed by atoms with Crippen molar-refractivity contribution < 1.29 is 24.2 Å². The van der Waals surface area contributed by atoms with Crippen molar-refractivity contribution in [2.75, 3.05) is 16.4 Å². The van der Waals surface area contributed by atoms with Gasteiger partial charge in [0.1, 0.15) is 0 Å². The molecule has 10 heteroatoms. The summed E-state index contributed by atoms with van der Waals surface area (Å²) in [7, 11) is 0. The summed E-state index contributed by atoms with van der Waals surface area (Å²) in [5, 5.41) is 15.4. The molecule has 5 N–H and O–H groups in total. The lowest BCUT2D eigenvalue weighted by molar-refractivity contribution is -0.252. The largest absolute Gasteiger partial charge is 0.397 e. The maximum atomic E-state index is 12.8. The topological polar surface area (TPSA) is 141 Å². The van der Waals surface area contributed by atoms with Crippen LogP contribution in [0.3, 0.4) is 0 Å². The number of fused-ring (bicyclic) bond motifs is 1. The van der Waals surface area contributed by atoms with E-state index in [4.69, 9.17) is 15.2 Å². The Labute approximate surface area is 279 Å². The van der Waals surface area contributed by atoms with Gasteiger partial charge in [-0.05, 0) is 60.4 Å². The van der Waals surface area contributed by atoms with E-state index in [2.05, 4.69) is 26.3 Å². The molecule has 248 valence electrons. The highest BCUT2D eigenvalue weighted by molar-refractivity contribution is 5.93. The van der Waals surface area contributed by atoms with Crippen LogP contribution in [0.4, 0.5) is 17.1 Å². The predicted octanol–water partition coefficient (Wildman–Crippen LogP) is 6.88. The number of imidazole rings is 1. The molecule has 10 nitrogen and oxygen atoms in total. The molecular weight excluding hydrogens is 606 g/mol. The number of ether oxygens (including phenoxy) is 2. The smallest absolute Gasteiger partial charge is 0.224 e. The maximum Gasteiger partial charge on any atom is 0.224 e. The second-order valence-corrected chi connectivity index (χ2v) is 12.1. The summed E-state index contributed by atoms with van der Waals surface area (Å²) in [5.41, 5.74) is 12.3. The van der Waals surface area contributed by atoms with Gasteiger partial charge in [-0.2, -0.15) is 0 Å². The molecule has 0 unspecified atom stereocenters. The highest BCUT2D eigenvalue weighted by atomic mass is 16.7. The summed E-state index contributed by atoms with van der Waals surface area (Å²) in [6.45, 7) is 0.582. The highest BCUT2D eigenvalue weighted by Crippen LogP contribution is 2.39. The number of aromatic nitrogens is 2. The summed E-state index contributed by atoms with van der Waals surface area (Å²) in [6, 6.07) is 30.6. The standard InChI is InChI=1S/C38H41N5O5/c39-31-11-4-5-12-32(31)42-37(46)16-3-1-2-15-36(45)41-29-10-8-9-28(21-29)38-47-30(23-43-25-40-33-13-6-7-14-34(33)43)22-35(48-38)27-19-17-26(24-44)18-20-27/h4-14,17-21,25,30,35,38,44H,1-3,15-16,22-24,39H2,(H,41,45)(H,42,46)/t30-,35+,38+/m0/s1. The fraction of sp³-hybridized carbons (Fsp3) is 0.289.